The van der Waals surface area contributed by atoms with Gasteiger partial charge in [-0.2, -0.15) is 0 Å². The lowest BCUT2D eigenvalue weighted by atomic mass is 10.1. The molecule has 0 aliphatic carbocycles. The number of barbiturate groups is 1. The Bertz CT molecular complexity index is 1260. The van der Waals surface area contributed by atoms with E-state index in [1.807, 2.05) is 30.3 Å². The number of rotatable bonds is 6. The first-order valence-electron chi connectivity index (χ1n) is 10.2. The first kappa shape index (κ1) is 21.8. The number of furan rings is 1. The molecule has 0 bridgehead atoms. The number of imide groups is 2. The number of amides is 4. The van der Waals surface area contributed by atoms with Gasteiger partial charge in [-0.1, -0.05) is 48.5 Å². The van der Waals surface area contributed by atoms with Crippen molar-refractivity contribution in [3.8, 4) is 11.3 Å². The monoisotopic (exact) mass is 444 g/mol. The lowest BCUT2D eigenvalue weighted by Gasteiger charge is -2.26. The van der Waals surface area contributed by atoms with E-state index in [2.05, 4.69) is 5.32 Å². The summed E-state index contributed by atoms with van der Waals surface area (Å²) in [4.78, 5) is 50.5. The van der Waals surface area contributed by atoms with Crippen molar-refractivity contribution >= 4 is 29.9 Å². The fraction of sp³-hybridized carbons (Fsp3) is 0.120. The maximum atomic E-state index is 12.9. The van der Waals surface area contributed by atoms with Crippen LogP contribution in [0.4, 0.5) is 4.79 Å². The molecule has 2 aromatic carbocycles. The molecule has 0 saturated carbocycles. The Labute approximate surface area is 189 Å². The highest BCUT2D eigenvalue weighted by Gasteiger charge is 2.35. The Morgan fingerprint density at radius 1 is 1.00 bits per heavy atom. The van der Waals surface area contributed by atoms with Crippen LogP contribution in [-0.4, -0.2) is 42.4 Å². The lowest BCUT2D eigenvalue weighted by molar-refractivity contribution is -0.130. The van der Waals surface area contributed by atoms with E-state index in [4.69, 9.17) is 9.15 Å². The summed E-state index contributed by atoms with van der Waals surface area (Å²) in [6, 6.07) is 18.6. The van der Waals surface area contributed by atoms with Gasteiger partial charge in [-0.3, -0.25) is 19.8 Å². The van der Waals surface area contributed by atoms with Crippen LogP contribution in [0.1, 0.15) is 21.7 Å². The van der Waals surface area contributed by atoms with E-state index in [-0.39, 0.29) is 17.9 Å². The van der Waals surface area contributed by atoms with Crippen LogP contribution in [-0.2, 0) is 20.7 Å². The van der Waals surface area contributed by atoms with Gasteiger partial charge in [-0.25, -0.2) is 9.59 Å². The van der Waals surface area contributed by atoms with Gasteiger partial charge in [-0.15, -0.1) is 0 Å². The summed E-state index contributed by atoms with van der Waals surface area (Å²) in [5.41, 5.74) is 1.57. The SMILES string of the molecule is COC(=O)c1ccccc1-c1ccc(/C=C2\C(=O)NC(=O)N(CCc3ccccc3)C2=O)o1. The second-order valence-electron chi connectivity index (χ2n) is 7.25. The molecule has 3 aromatic rings. The third-order valence-corrected chi connectivity index (χ3v) is 5.16. The summed E-state index contributed by atoms with van der Waals surface area (Å²) in [7, 11) is 1.29. The van der Waals surface area contributed by atoms with E-state index < -0.39 is 23.8 Å². The summed E-state index contributed by atoms with van der Waals surface area (Å²) in [5, 5.41) is 2.19. The van der Waals surface area contributed by atoms with Gasteiger partial charge >= 0.3 is 12.0 Å². The van der Waals surface area contributed by atoms with E-state index in [9.17, 15) is 19.2 Å². The first-order valence-corrected chi connectivity index (χ1v) is 10.2. The smallest absolute Gasteiger partial charge is 0.338 e. The van der Waals surface area contributed by atoms with Gasteiger partial charge in [0.15, 0.2) is 0 Å². The fourth-order valence-electron chi connectivity index (χ4n) is 3.49. The number of nitrogens with one attached hydrogen (secondary N) is 1. The van der Waals surface area contributed by atoms with Crippen LogP contribution in [0.15, 0.2) is 76.7 Å². The Kier molecular flexibility index (Phi) is 6.17. The Balaban J connectivity index is 1.58. The molecule has 8 heteroatoms. The molecule has 33 heavy (non-hydrogen) atoms. The molecule has 166 valence electrons. The minimum absolute atomic E-state index is 0.120. The second kappa shape index (κ2) is 9.35. The van der Waals surface area contributed by atoms with Crippen molar-refractivity contribution in [3.63, 3.8) is 0 Å². The van der Waals surface area contributed by atoms with Crippen LogP contribution < -0.4 is 5.32 Å². The summed E-state index contributed by atoms with van der Waals surface area (Å²) in [6.45, 7) is 0.120. The Hall–Kier alpha value is -4.46. The van der Waals surface area contributed by atoms with Gasteiger partial charge in [0.1, 0.15) is 17.1 Å². The molecule has 1 aliphatic rings. The zero-order valence-electron chi connectivity index (χ0n) is 17.7. The molecule has 0 unspecified atom stereocenters. The van der Waals surface area contributed by atoms with Crippen LogP contribution in [0.2, 0.25) is 0 Å². The highest BCUT2D eigenvalue weighted by Crippen LogP contribution is 2.27. The molecule has 4 rings (SSSR count). The van der Waals surface area contributed by atoms with E-state index in [1.165, 1.54) is 13.2 Å². The standard InChI is InChI=1S/C25H20N2O6/c1-32-24(30)19-10-6-5-9-18(19)21-12-11-17(33-21)15-20-22(28)26-25(31)27(23(20)29)14-13-16-7-3-2-4-8-16/h2-12,15H,13-14H2,1H3,(H,26,28,31)/b20-15+. The largest absolute Gasteiger partial charge is 0.465 e. The van der Waals surface area contributed by atoms with Crippen LogP contribution in [0.3, 0.4) is 0 Å². The van der Waals surface area contributed by atoms with Crippen molar-refractivity contribution in [2.75, 3.05) is 13.7 Å². The zero-order valence-corrected chi connectivity index (χ0v) is 17.7. The average Bonchev–Trinajstić information content (AvgIpc) is 3.30. The van der Waals surface area contributed by atoms with E-state index in [0.717, 1.165) is 10.5 Å². The topological polar surface area (TPSA) is 106 Å². The summed E-state index contributed by atoms with van der Waals surface area (Å²) in [5.74, 6) is -1.43. The molecule has 1 aromatic heterocycles. The molecule has 0 spiro atoms. The molecule has 0 atom stereocenters. The molecule has 1 saturated heterocycles. The minimum atomic E-state index is -0.797. The number of hydrogen-bond donors (Lipinski definition) is 1. The highest BCUT2D eigenvalue weighted by molar-refractivity contribution is 6.30. The summed E-state index contributed by atoms with van der Waals surface area (Å²) >= 11 is 0. The number of carbonyl (C=O) groups excluding carboxylic acids is 4. The fourth-order valence-corrected chi connectivity index (χ4v) is 3.49. The number of nitrogens with zero attached hydrogens (tertiary/aromatic N) is 1. The number of esters is 1. The molecule has 8 nitrogen and oxygen atoms in total. The Morgan fingerprint density at radius 3 is 2.48 bits per heavy atom. The second-order valence-corrected chi connectivity index (χ2v) is 7.25. The molecular weight excluding hydrogens is 424 g/mol. The van der Waals surface area contributed by atoms with Crippen molar-refractivity contribution < 1.29 is 28.3 Å². The highest BCUT2D eigenvalue weighted by atomic mass is 16.5. The zero-order chi connectivity index (χ0) is 23.4. The summed E-state index contributed by atoms with van der Waals surface area (Å²) in [6.07, 6.45) is 1.74. The molecule has 0 radical (unpaired) electrons. The number of methoxy groups -OCH3 is 1. The minimum Gasteiger partial charge on any atom is -0.465 e. The molecule has 4 amide bonds. The van der Waals surface area contributed by atoms with Crippen molar-refractivity contribution in [1.82, 2.24) is 10.2 Å². The van der Waals surface area contributed by atoms with Gasteiger partial charge in [0.2, 0.25) is 0 Å². The van der Waals surface area contributed by atoms with Gasteiger partial charge in [-0.05, 0) is 36.3 Å². The Morgan fingerprint density at radius 2 is 1.73 bits per heavy atom. The lowest BCUT2D eigenvalue weighted by Crippen LogP contribution is -2.54. The number of ether oxygens (including phenoxy) is 1. The number of urea groups is 1. The number of carbonyl (C=O) groups is 4. The van der Waals surface area contributed by atoms with Crippen LogP contribution in [0.5, 0.6) is 0 Å². The van der Waals surface area contributed by atoms with Crippen molar-refractivity contribution in [2.24, 2.45) is 0 Å². The molecular formula is C25H20N2O6. The van der Waals surface area contributed by atoms with Gasteiger partial charge < -0.3 is 9.15 Å². The van der Waals surface area contributed by atoms with Crippen LogP contribution >= 0.6 is 0 Å². The van der Waals surface area contributed by atoms with Crippen molar-refractivity contribution in [1.29, 1.82) is 0 Å². The van der Waals surface area contributed by atoms with Gasteiger partial charge in [0.25, 0.3) is 11.8 Å². The first-order chi connectivity index (χ1) is 16.0. The van der Waals surface area contributed by atoms with E-state index >= 15 is 0 Å². The van der Waals surface area contributed by atoms with E-state index in [1.54, 1.807) is 36.4 Å². The van der Waals surface area contributed by atoms with Crippen molar-refractivity contribution in [3.05, 3.63) is 89.2 Å². The predicted molar refractivity (Wildman–Crippen MR) is 119 cm³/mol. The molecule has 1 fully saturated rings. The van der Waals surface area contributed by atoms with Crippen LogP contribution in [0, 0.1) is 0 Å². The third kappa shape index (κ3) is 4.59. The quantitative estimate of drug-likeness (QED) is 0.355. The maximum absolute atomic E-state index is 12.9. The number of benzene rings is 2. The molecule has 1 N–H and O–H groups in total. The summed E-state index contributed by atoms with van der Waals surface area (Å²) < 4.78 is 10.6. The third-order valence-electron chi connectivity index (χ3n) is 5.16. The van der Waals surface area contributed by atoms with Crippen LogP contribution in [0.25, 0.3) is 17.4 Å². The number of hydrogen-bond acceptors (Lipinski definition) is 6. The van der Waals surface area contributed by atoms with Crippen molar-refractivity contribution in [2.45, 2.75) is 6.42 Å². The van der Waals surface area contributed by atoms with E-state index in [0.29, 0.717) is 23.3 Å². The average molecular weight is 444 g/mol. The van der Waals surface area contributed by atoms with Gasteiger partial charge in [0, 0.05) is 12.1 Å². The molecule has 2 heterocycles. The predicted octanol–water partition coefficient (Wildman–Crippen LogP) is 3.44. The van der Waals surface area contributed by atoms with Gasteiger partial charge in [0.05, 0.1) is 12.7 Å². The maximum Gasteiger partial charge on any atom is 0.338 e. The normalized spacial score (nSPS) is 15.0. The molecule has 1 aliphatic heterocycles.